The molecule has 0 rings (SSSR count). The third kappa shape index (κ3) is 8.45. The molecule has 0 unspecified atom stereocenters. The molecule has 0 heterocycles. The predicted octanol–water partition coefficient (Wildman–Crippen LogP) is 3.37. The van der Waals surface area contributed by atoms with E-state index in [1.165, 1.54) is 0 Å². The number of nitrogens with zero attached hydrogens (tertiary/aromatic N) is 2. The van der Waals surface area contributed by atoms with E-state index >= 15 is 0 Å². The van der Waals surface area contributed by atoms with Crippen LogP contribution in [0.1, 0.15) is 20.8 Å². The van der Waals surface area contributed by atoms with Crippen molar-refractivity contribution in [3.8, 4) is 0 Å². The molecule has 0 bridgehead atoms. The van der Waals surface area contributed by atoms with Crippen molar-refractivity contribution >= 4 is 8.24 Å². The molecular formula is C11H28CoN2Si+. The largest absolute Gasteiger partial charge is 3.00 e. The Kier molecular flexibility index (Phi) is 11.0. The van der Waals surface area contributed by atoms with Crippen molar-refractivity contribution in [2.45, 2.75) is 38.9 Å². The average molecular weight is 275 g/mol. The van der Waals surface area contributed by atoms with E-state index in [9.17, 15) is 0 Å². The van der Waals surface area contributed by atoms with E-state index in [-0.39, 0.29) is 24.2 Å². The van der Waals surface area contributed by atoms with Gasteiger partial charge in [-0.25, -0.2) is 0 Å². The van der Waals surface area contributed by atoms with Crippen molar-refractivity contribution < 1.29 is 16.8 Å². The van der Waals surface area contributed by atoms with Crippen LogP contribution in [0.2, 0.25) is 18.1 Å². The topological polar surface area (TPSA) is 17.3 Å². The maximum atomic E-state index is 4.86. The van der Waals surface area contributed by atoms with Crippen LogP contribution in [-0.4, -0.2) is 40.3 Å². The van der Waals surface area contributed by atoms with Gasteiger partial charge in [-0.3, -0.25) is 0 Å². The molecular weight excluding hydrogens is 247 g/mol. The smallest absolute Gasteiger partial charge is 0.663 e. The minimum Gasteiger partial charge on any atom is -0.663 e. The molecule has 0 atom stereocenters. The van der Waals surface area contributed by atoms with Crippen molar-refractivity contribution in [2.24, 2.45) is 0 Å². The van der Waals surface area contributed by atoms with E-state index in [0.717, 1.165) is 13.1 Å². The molecule has 0 spiro atoms. The Morgan fingerprint density at radius 2 is 1.53 bits per heavy atom. The Bertz CT molecular complexity index is 153. The third-order valence-electron chi connectivity index (χ3n) is 2.89. The summed E-state index contributed by atoms with van der Waals surface area (Å²) in [7, 11) is 2.82. The van der Waals surface area contributed by atoms with Gasteiger partial charge in [0.2, 0.25) is 0 Å². The Balaban J connectivity index is -0.000000720. The van der Waals surface area contributed by atoms with Gasteiger partial charge in [-0.15, -0.1) is 6.54 Å². The predicted molar refractivity (Wildman–Crippen MR) is 70.4 cm³/mol. The fourth-order valence-corrected chi connectivity index (χ4v) is 1.90. The monoisotopic (exact) mass is 275 g/mol. The van der Waals surface area contributed by atoms with E-state index in [1.54, 1.807) is 0 Å². The quantitative estimate of drug-likeness (QED) is 0.568. The Morgan fingerprint density at radius 3 is 1.80 bits per heavy atom. The first-order chi connectivity index (χ1) is 5.67. The van der Waals surface area contributed by atoms with E-state index in [1.807, 2.05) is 0 Å². The zero-order valence-corrected chi connectivity index (χ0v) is 13.7. The molecule has 2 nitrogen and oxygen atoms in total. The van der Waals surface area contributed by atoms with Crippen LogP contribution in [0.3, 0.4) is 0 Å². The van der Waals surface area contributed by atoms with Crippen molar-refractivity contribution in [3.63, 3.8) is 0 Å². The van der Waals surface area contributed by atoms with Crippen LogP contribution >= 0.6 is 0 Å². The summed E-state index contributed by atoms with van der Waals surface area (Å²) in [5, 5.41) is 0.388. The van der Waals surface area contributed by atoms with Gasteiger partial charge in [-0.05, 0) is 20.6 Å². The van der Waals surface area contributed by atoms with Crippen LogP contribution in [0.25, 0.3) is 4.98 Å². The van der Waals surface area contributed by atoms with Gasteiger partial charge < -0.3 is 17.3 Å². The third-order valence-corrected chi connectivity index (χ3v) is 7.57. The van der Waals surface area contributed by atoms with E-state index < -0.39 is 8.24 Å². The van der Waals surface area contributed by atoms with E-state index in [2.05, 4.69) is 52.9 Å². The summed E-state index contributed by atoms with van der Waals surface area (Å²) in [6, 6.07) is 0. The van der Waals surface area contributed by atoms with E-state index in [0.29, 0.717) is 5.04 Å². The minimum atomic E-state index is -1.37. The summed E-state index contributed by atoms with van der Waals surface area (Å²) in [6.07, 6.45) is 0. The summed E-state index contributed by atoms with van der Waals surface area (Å²) >= 11 is 0. The number of hydrogen-bond acceptors (Lipinski definition) is 1. The van der Waals surface area contributed by atoms with Gasteiger partial charge in [-0.1, -0.05) is 47.1 Å². The molecule has 0 radical (unpaired) electrons. The second-order valence-electron chi connectivity index (χ2n) is 5.49. The maximum Gasteiger partial charge on any atom is 3.00 e. The molecule has 4 heteroatoms. The van der Waals surface area contributed by atoms with Crippen molar-refractivity contribution in [1.82, 2.24) is 4.90 Å². The van der Waals surface area contributed by atoms with Crippen LogP contribution in [-0.2, 0) is 16.8 Å². The molecule has 0 saturated heterocycles. The van der Waals surface area contributed by atoms with Crippen molar-refractivity contribution in [1.29, 1.82) is 0 Å². The zero-order valence-electron chi connectivity index (χ0n) is 11.6. The first kappa shape index (κ1) is 21.0. The van der Waals surface area contributed by atoms with Crippen LogP contribution in [0.4, 0.5) is 0 Å². The maximum absolute atomic E-state index is 4.86. The fraction of sp³-hybridized carbons (Fsp3) is 0.909. The van der Waals surface area contributed by atoms with Gasteiger partial charge in [0.05, 0.1) is 0 Å². The molecule has 0 saturated carbocycles. The molecule has 0 N–H and O–H groups in total. The zero-order chi connectivity index (χ0) is 10.7. The molecule has 0 aromatic carbocycles. The minimum absolute atomic E-state index is 0. The summed E-state index contributed by atoms with van der Waals surface area (Å²) in [6.45, 7) is 13.7. The summed E-state index contributed by atoms with van der Waals surface area (Å²) in [5.41, 5.74) is 0. The molecule has 0 aliphatic carbocycles. The standard InChI is InChI=1S/C10H25N2Si.CH3.Co/c1-10(2,3)13(6,7)11-8-9-12(4)5;;/h8-9H2,1-7H3;1H3;/q2*-1;+3. The molecule has 15 heavy (non-hydrogen) atoms. The second kappa shape index (κ2) is 7.84. The van der Waals surface area contributed by atoms with Gasteiger partial charge in [0, 0.05) is 0 Å². The molecule has 0 aromatic rings. The summed E-state index contributed by atoms with van der Waals surface area (Å²) in [4.78, 5) is 7.06. The van der Waals surface area contributed by atoms with Gasteiger partial charge in [0.25, 0.3) is 0 Å². The number of rotatable bonds is 4. The number of hydrogen-bond donors (Lipinski definition) is 0. The van der Waals surface area contributed by atoms with Gasteiger partial charge in [0.15, 0.2) is 0 Å². The Labute approximate surface area is 108 Å². The van der Waals surface area contributed by atoms with Crippen molar-refractivity contribution in [3.05, 3.63) is 12.4 Å². The fourth-order valence-electron chi connectivity index (χ4n) is 0.767. The molecule has 0 aromatic heterocycles. The SMILES string of the molecule is CN(C)CC[N-][Si](C)(C)C(C)(C)C.[CH3-].[Co+3]. The molecule has 0 aliphatic heterocycles. The summed E-state index contributed by atoms with van der Waals surface area (Å²) in [5.74, 6) is 0. The van der Waals surface area contributed by atoms with Gasteiger partial charge in [0.1, 0.15) is 0 Å². The molecule has 0 amide bonds. The first-order valence-corrected chi connectivity index (χ1v) is 7.95. The molecule has 94 valence electrons. The first-order valence-electron chi connectivity index (χ1n) is 5.00. The molecule has 0 aliphatic rings. The normalized spacial score (nSPS) is 12.0. The Morgan fingerprint density at radius 1 is 1.13 bits per heavy atom. The van der Waals surface area contributed by atoms with Crippen LogP contribution < -0.4 is 0 Å². The van der Waals surface area contributed by atoms with Crippen LogP contribution in [0, 0.1) is 7.43 Å². The van der Waals surface area contributed by atoms with Gasteiger partial charge >= 0.3 is 16.8 Å². The van der Waals surface area contributed by atoms with Crippen molar-refractivity contribution in [2.75, 3.05) is 27.2 Å². The van der Waals surface area contributed by atoms with Crippen LogP contribution in [0.5, 0.6) is 0 Å². The number of likely N-dealkylation sites (N-methyl/N-ethyl adjacent to an activating group) is 1. The summed E-state index contributed by atoms with van der Waals surface area (Å²) < 4.78 is 0. The second-order valence-corrected chi connectivity index (χ2v) is 10.4. The molecule has 0 fully saturated rings. The Hall–Kier alpha value is 0.643. The van der Waals surface area contributed by atoms with E-state index in [4.69, 9.17) is 4.98 Å². The average Bonchev–Trinajstić information content (AvgIpc) is 1.82. The van der Waals surface area contributed by atoms with Crippen LogP contribution in [0.15, 0.2) is 0 Å². The van der Waals surface area contributed by atoms with Gasteiger partial charge in [-0.2, -0.15) is 0 Å².